The van der Waals surface area contributed by atoms with Gasteiger partial charge in [-0.15, -0.1) is 0 Å². The number of esters is 1. The van der Waals surface area contributed by atoms with E-state index in [-0.39, 0.29) is 23.9 Å². The van der Waals surface area contributed by atoms with Crippen LogP contribution < -0.4 is 5.32 Å². The molecular weight excluding hydrogens is 356 g/mol. The molecule has 1 aromatic rings. The molecule has 2 atom stereocenters. The van der Waals surface area contributed by atoms with Gasteiger partial charge in [-0.2, -0.15) is 5.26 Å². The molecule has 148 valence electrons. The van der Waals surface area contributed by atoms with Crippen LogP contribution in [0.1, 0.15) is 55.9 Å². The van der Waals surface area contributed by atoms with Gasteiger partial charge in [-0.05, 0) is 49.6 Å². The van der Waals surface area contributed by atoms with Gasteiger partial charge >= 0.3 is 5.97 Å². The first-order chi connectivity index (χ1) is 13.2. The number of nitriles is 1. The minimum Gasteiger partial charge on any atom is -0.427 e. The normalized spacial score (nSPS) is 24.5. The van der Waals surface area contributed by atoms with Gasteiger partial charge in [0.05, 0.1) is 29.2 Å². The number of carbonyl (C=O) groups is 2. The predicted molar refractivity (Wildman–Crippen MR) is 104 cm³/mol. The van der Waals surface area contributed by atoms with Crippen LogP contribution in [0, 0.1) is 31.1 Å². The summed E-state index contributed by atoms with van der Waals surface area (Å²) in [5.41, 5.74) is 2.50. The van der Waals surface area contributed by atoms with E-state index in [1.165, 1.54) is 0 Å². The van der Waals surface area contributed by atoms with Gasteiger partial charge < -0.3 is 14.8 Å². The van der Waals surface area contributed by atoms with E-state index in [4.69, 9.17) is 9.47 Å². The molecule has 0 aromatic heterocycles. The molecule has 1 saturated heterocycles. The van der Waals surface area contributed by atoms with Crippen LogP contribution in [0.5, 0.6) is 0 Å². The summed E-state index contributed by atoms with van der Waals surface area (Å²) in [7, 11) is 0. The molecule has 28 heavy (non-hydrogen) atoms. The lowest BCUT2D eigenvalue weighted by Gasteiger charge is -2.38. The summed E-state index contributed by atoms with van der Waals surface area (Å²) in [5, 5.41) is 12.3. The summed E-state index contributed by atoms with van der Waals surface area (Å²) in [6.07, 6.45) is 1.02. The fourth-order valence-corrected chi connectivity index (χ4v) is 4.10. The van der Waals surface area contributed by atoms with E-state index in [0.29, 0.717) is 36.3 Å². The molecule has 2 aliphatic rings. The van der Waals surface area contributed by atoms with Gasteiger partial charge in [0.2, 0.25) is 0 Å². The number of nitrogens with zero attached hydrogens (tertiary/aromatic N) is 1. The Morgan fingerprint density at radius 2 is 2.00 bits per heavy atom. The highest BCUT2D eigenvalue weighted by molar-refractivity contribution is 6.24. The first-order valence-electron chi connectivity index (χ1n) is 9.61. The number of rotatable bonds is 3. The van der Waals surface area contributed by atoms with Gasteiger partial charge in [-0.25, -0.2) is 0 Å². The highest BCUT2D eigenvalue weighted by Gasteiger charge is 2.50. The zero-order valence-corrected chi connectivity index (χ0v) is 17.0. The van der Waals surface area contributed by atoms with Crippen molar-refractivity contribution in [2.75, 3.05) is 6.61 Å². The van der Waals surface area contributed by atoms with Crippen molar-refractivity contribution in [1.29, 1.82) is 5.26 Å². The number of amides is 1. The summed E-state index contributed by atoms with van der Waals surface area (Å²) >= 11 is 0. The molecule has 1 aromatic carbocycles. The highest BCUT2D eigenvalue weighted by Crippen LogP contribution is 2.43. The van der Waals surface area contributed by atoms with Gasteiger partial charge in [0.25, 0.3) is 5.91 Å². The average molecular weight is 382 g/mol. The molecule has 6 heteroatoms. The number of ether oxygens (including phenoxy) is 2. The van der Waals surface area contributed by atoms with Crippen molar-refractivity contribution in [3.63, 3.8) is 0 Å². The van der Waals surface area contributed by atoms with E-state index in [9.17, 15) is 14.9 Å². The molecular formula is C22H26N2O4. The summed E-state index contributed by atoms with van der Waals surface area (Å²) in [6.45, 7) is 9.69. The minimum atomic E-state index is -0.749. The lowest BCUT2D eigenvalue weighted by atomic mass is 9.84. The van der Waals surface area contributed by atoms with Gasteiger partial charge in [0.1, 0.15) is 11.3 Å². The summed E-state index contributed by atoms with van der Waals surface area (Å²) in [4.78, 5) is 25.6. The Morgan fingerprint density at radius 1 is 1.36 bits per heavy atom. The van der Waals surface area contributed by atoms with E-state index in [1.807, 2.05) is 20.8 Å². The van der Waals surface area contributed by atoms with Crippen molar-refractivity contribution in [1.82, 2.24) is 5.32 Å². The Balaban J connectivity index is 2.22. The Labute approximate surface area is 165 Å². The largest absolute Gasteiger partial charge is 0.427 e. The third kappa shape index (κ3) is 3.43. The van der Waals surface area contributed by atoms with Gasteiger partial charge in [-0.1, -0.05) is 13.8 Å². The molecule has 1 amide bonds. The second-order valence-electron chi connectivity index (χ2n) is 8.05. The second-order valence-corrected chi connectivity index (χ2v) is 8.05. The summed E-state index contributed by atoms with van der Waals surface area (Å²) in [6, 6.07) is 5.64. The van der Waals surface area contributed by atoms with E-state index >= 15 is 0 Å². The topological polar surface area (TPSA) is 88.4 Å². The molecule has 6 nitrogen and oxygen atoms in total. The molecule has 3 rings (SSSR count). The molecule has 0 radical (unpaired) electrons. The van der Waals surface area contributed by atoms with Crippen LogP contribution in [-0.2, 0) is 19.1 Å². The summed E-state index contributed by atoms with van der Waals surface area (Å²) in [5.74, 6) is -0.549. The van der Waals surface area contributed by atoms with Gasteiger partial charge in [0.15, 0.2) is 0 Å². The Morgan fingerprint density at radius 3 is 2.54 bits per heavy atom. The van der Waals surface area contributed by atoms with Crippen molar-refractivity contribution in [3.8, 4) is 6.07 Å². The maximum atomic E-state index is 13.1. The van der Waals surface area contributed by atoms with Crippen molar-refractivity contribution in [2.24, 2.45) is 5.92 Å². The van der Waals surface area contributed by atoms with Crippen LogP contribution in [0.25, 0.3) is 5.57 Å². The molecule has 1 N–H and O–H groups in total. The zero-order valence-electron chi connectivity index (χ0n) is 17.0. The maximum Gasteiger partial charge on any atom is 0.313 e. The number of hydrogen-bond acceptors (Lipinski definition) is 5. The molecule has 2 aliphatic heterocycles. The number of aryl methyl sites for hydroxylation is 2. The van der Waals surface area contributed by atoms with Gasteiger partial charge in [-0.3, -0.25) is 9.59 Å². The average Bonchev–Trinajstić information content (AvgIpc) is 2.85. The van der Waals surface area contributed by atoms with Crippen molar-refractivity contribution in [2.45, 2.75) is 59.1 Å². The Bertz CT molecular complexity index is 887. The number of nitrogens with one attached hydrogen (secondary N) is 1. The monoisotopic (exact) mass is 382 g/mol. The highest BCUT2D eigenvalue weighted by atomic mass is 16.5. The van der Waals surface area contributed by atoms with Crippen molar-refractivity contribution >= 4 is 17.4 Å². The quantitative estimate of drug-likeness (QED) is 0.811. The molecule has 0 bridgehead atoms. The third-order valence-electron chi connectivity index (χ3n) is 5.39. The molecule has 0 aliphatic carbocycles. The zero-order chi connectivity index (χ0) is 20.6. The first-order valence-corrected chi connectivity index (χ1v) is 9.61. The smallest absolute Gasteiger partial charge is 0.313 e. The Hall–Kier alpha value is -2.65. The first kappa shape index (κ1) is 20.1. The predicted octanol–water partition coefficient (Wildman–Crippen LogP) is 3.15. The molecule has 0 saturated carbocycles. The van der Waals surface area contributed by atoms with Crippen LogP contribution in [0.15, 0.2) is 17.9 Å². The van der Waals surface area contributed by atoms with Crippen LogP contribution in [0.3, 0.4) is 0 Å². The van der Waals surface area contributed by atoms with Crippen LogP contribution in [0.4, 0.5) is 0 Å². The second kappa shape index (κ2) is 7.40. The van der Waals surface area contributed by atoms with E-state index in [2.05, 4.69) is 11.4 Å². The van der Waals surface area contributed by atoms with Crippen molar-refractivity contribution < 1.29 is 19.1 Å². The van der Waals surface area contributed by atoms with Crippen LogP contribution in [-0.4, -0.2) is 30.1 Å². The van der Waals surface area contributed by atoms with Crippen LogP contribution >= 0.6 is 0 Å². The van der Waals surface area contributed by atoms with Crippen molar-refractivity contribution in [3.05, 3.63) is 40.1 Å². The maximum absolute atomic E-state index is 13.1. The lowest BCUT2D eigenvalue weighted by molar-refractivity contribution is -0.145. The number of benzene rings is 1. The standard InChI is InChI=1S/C22H26N2O4/c1-12(2)21(26)28-19-18(17-13(3)8-16(11-23)9-14(17)4)20(25)24-22(19)6-7-27-15(5)10-22/h8-9,12,15H,6-7,10H2,1-5H3,(H,24,25). The molecule has 1 spiro atoms. The number of carbonyl (C=O) groups excluding carboxylic acids is 2. The number of hydrogen-bond donors (Lipinski definition) is 1. The Kier molecular flexibility index (Phi) is 5.31. The molecule has 2 heterocycles. The van der Waals surface area contributed by atoms with Gasteiger partial charge in [0, 0.05) is 19.4 Å². The van der Waals surface area contributed by atoms with E-state index in [0.717, 1.165) is 16.7 Å². The van der Waals surface area contributed by atoms with E-state index < -0.39 is 5.54 Å². The molecule has 2 unspecified atom stereocenters. The summed E-state index contributed by atoms with van der Waals surface area (Å²) < 4.78 is 11.5. The van der Waals surface area contributed by atoms with E-state index in [1.54, 1.807) is 26.0 Å². The minimum absolute atomic E-state index is 0.0655. The third-order valence-corrected chi connectivity index (χ3v) is 5.39. The fourth-order valence-electron chi connectivity index (χ4n) is 4.10. The van der Waals surface area contributed by atoms with Crippen LogP contribution in [0.2, 0.25) is 0 Å². The fraction of sp³-hybridized carbons (Fsp3) is 0.500. The SMILES string of the molecule is Cc1cc(C#N)cc(C)c1C1=C(OC(=O)C(C)C)C2(CCOC(C)C2)NC1=O. The lowest BCUT2D eigenvalue weighted by Crippen LogP contribution is -2.51. The molecule has 1 fully saturated rings.